The summed E-state index contributed by atoms with van der Waals surface area (Å²) in [5, 5.41) is 1.23. The summed E-state index contributed by atoms with van der Waals surface area (Å²) in [7, 11) is 0. The van der Waals surface area contributed by atoms with Gasteiger partial charge in [-0.3, -0.25) is 4.98 Å². The quantitative estimate of drug-likeness (QED) is 0.722. The summed E-state index contributed by atoms with van der Waals surface area (Å²) in [4.78, 5) is 7.80. The third-order valence-corrected chi connectivity index (χ3v) is 3.77. The monoisotopic (exact) mass is 264 g/mol. The van der Waals surface area contributed by atoms with E-state index in [1.54, 1.807) is 0 Å². The molecule has 2 heteroatoms. The number of hydrogen-bond donors (Lipinski definition) is 1. The van der Waals surface area contributed by atoms with E-state index in [4.69, 9.17) is 0 Å². The van der Waals surface area contributed by atoms with Crippen LogP contribution in [0.15, 0.2) is 48.8 Å². The first-order valence-corrected chi connectivity index (χ1v) is 7.35. The highest BCUT2D eigenvalue weighted by Crippen LogP contribution is 2.18. The maximum absolute atomic E-state index is 4.52. The van der Waals surface area contributed by atoms with E-state index >= 15 is 0 Å². The molecule has 2 nitrogen and oxygen atoms in total. The first kappa shape index (κ1) is 12.9. The molecule has 0 unspecified atom stereocenters. The van der Waals surface area contributed by atoms with E-state index in [0.29, 0.717) is 0 Å². The molecule has 0 aliphatic heterocycles. The summed E-state index contributed by atoms with van der Waals surface area (Å²) in [6, 6.07) is 13.1. The highest BCUT2D eigenvalue weighted by Gasteiger charge is 2.04. The molecule has 3 rings (SSSR count). The van der Waals surface area contributed by atoms with Crippen molar-refractivity contribution in [3.8, 4) is 0 Å². The molecule has 102 valence electrons. The number of rotatable bonds is 5. The lowest BCUT2D eigenvalue weighted by molar-refractivity contribution is 0.794. The van der Waals surface area contributed by atoms with Crippen molar-refractivity contribution in [1.82, 2.24) is 9.97 Å². The number of H-pyrrole nitrogens is 1. The minimum atomic E-state index is 0.881. The Balaban J connectivity index is 1.79. The first-order valence-electron chi connectivity index (χ1n) is 7.35. The predicted octanol–water partition coefficient (Wildman–Crippen LogP) is 4.50. The van der Waals surface area contributed by atoms with Crippen molar-refractivity contribution >= 4 is 10.9 Å². The summed E-state index contributed by atoms with van der Waals surface area (Å²) in [5.74, 6) is 0. The van der Waals surface area contributed by atoms with Crippen LogP contribution in [0.5, 0.6) is 0 Å². The van der Waals surface area contributed by atoms with Gasteiger partial charge in [0.2, 0.25) is 0 Å². The molecular formula is C18H20N2. The van der Waals surface area contributed by atoms with Crippen LogP contribution in [0.4, 0.5) is 0 Å². The molecule has 0 saturated heterocycles. The number of unbranched alkanes of at least 4 members (excludes halogenated alkanes) is 1. The molecule has 1 aromatic carbocycles. The number of aryl methyl sites for hydroxylation is 1. The van der Waals surface area contributed by atoms with Crippen LogP contribution < -0.4 is 0 Å². The topological polar surface area (TPSA) is 28.7 Å². The Morgan fingerprint density at radius 3 is 2.60 bits per heavy atom. The van der Waals surface area contributed by atoms with Gasteiger partial charge in [0.15, 0.2) is 0 Å². The second-order valence-electron chi connectivity index (χ2n) is 5.30. The minimum Gasteiger partial charge on any atom is -0.360 e. The van der Waals surface area contributed by atoms with Gasteiger partial charge in [-0.1, -0.05) is 37.6 Å². The molecule has 0 aliphatic carbocycles. The lowest BCUT2D eigenvalue weighted by atomic mass is 10.0. The van der Waals surface area contributed by atoms with Crippen molar-refractivity contribution < 1.29 is 0 Å². The SMILES string of the molecule is CCCCc1ccc(Cc2nccc3cc[nH]c23)cc1. The van der Waals surface area contributed by atoms with Crippen molar-refractivity contribution in [3.63, 3.8) is 0 Å². The second-order valence-corrected chi connectivity index (χ2v) is 5.30. The number of aromatic nitrogens is 2. The lowest BCUT2D eigenvalue weighted by Gasteiger charge is -2.05. The summed E-state index contributed by atoms with van der Waals surface area (Å²) >= 11 is 0. The maximum Gasteiger partial charge on any atom is 0.0687 e. The van der Waals surface area contributed by atoms with E-state index in [-0.39, 0.29) is 0 Å². The number of pyridine rings is 1. The van der Waals surface area contributed by atoms with Crippen molar-refractivity contribution in [2.75, 3.05) is 0 Å². The molecule has 2 aromatic heterocycles. The average molecular weight is 264 g/mol. The number of benzene rings is 1. The van der Waals surface area contributed by atoms with Gasteiger partial charge in [0.1, 0.15) is 0 Å². The smallest absolute Gasteiger partial charge is 0.0687 e. The van der Waals surface area contributed by atoms with Crippen molar-refractivity contribution in [3.05, 3.63) is 65.6 Å². The van der Waals surface area contributed by atoms with E-state index in [2.05, 4.69) is 47.2 Å². The van der Waals surface area contributed by atoms with Crippen LogP contribution in [0.1, 0.15) is 36.6 Å². The number of nitrogens with one attached hydrogen (secondary N) is 1. The van der Waals surface area contributed by atoms with Gasteiger partial charge in [0.25, 0.3) is 0 Å². The Hall–Kier alpha value is -2.09. The summed E-state index contributed by atoms with van der Waals surface area (Å²) < 4.78 is 0. The van der Waals surface area contributed by atoms with Gasteiger partial charge in [-0.2, -0.15) is 0 Å². The lowest BCUT2D eigenvalue weighted by Crippen LogP contribution is -1.94. The molecule has 0 radical (unpaired) electrons. The minimum absolute atomic E-state index is 0.881. The van der Waals surface area contributed by atoms with Crippen LogP contribution in [-0.2, 0) is 12.8 Å². The summed E-state index contributed by atoms with van der Waals surface area (Å²) in [6.45, 7) is 2.23. The normalized spacial score (nSPS) is 11.1. The Morgan fingerprint density at radius 1 is 1.00 bits per heavy atom. The van der Waals surface area contributed by atoms with E-state index in [1.165, 1.54) is 35.8 Å². The molecular weight excluding hydrogens is 244 g/mol. The van der Waals surface area contributed by atoms with Gasteiger partial charge in [-0.05, 0) is 36.1 Å². The van der Waals surface area contributed by atoms with E-state index in [9.17, 15) is 0 Å². The fourth-order valence-corrected chi connectivity index (χ4v) is 2.57. The highest BCUT2D eigenvalue weighted by molar-refractivity contribution is 5.81. The molecule has 0 fully saturated rings. The summed E-state index contributed by atoms with van der Waals surface area (Å²) in [5.41, 5.74) is 5.03. The van der Waals surface area contributed by atoms with Crippen molar-refractivity contribution in [2.24, 2.45) is 0 Å². The molecule has 0 saturated carbocycles. The van der Waals surface area contributed by atoms with Gasteiger partial charge in [-0.25, -0.2) is 0 Å². The number of aromatic amines is 1. The first-order chi connectivity index (χ1) is 9.86. The largest absolute Gasteiger partial charge is 0.360 e. The Bertz CT molecular complexity index is 680. The highest BCUT2D eigenvalue weighted by atomic mass is 14.7. The molecule has 20 heavy (non-hydrogen) atoms. The maximum atomic E-state index is 4.52. The molecule has 0 bridgehead atoms. The molecule has 2 heterocycles. The predicted molar refractivity (Wildman–Crippen MR) is 84.0 cm³/mol. The second kappa shape index (κ2) is 5.91. The fourth-order valence-electron chi connectivity index (χ4n) is 2.57. The van der Waals surface area contributed by atoms with Crippen LogP contribution in [0.25, 0.3) is 10.9 Å². The standard InChI is InChI=1S/C18H20N2/c1-2-3-4-14-5-7-15(8-6-14)13-17-18-16(9-11-19-17)10-12-20-18/h5-12,20H,2-4,13H2,1H3. The van der Waals surface area contributed by atoms with E-state index in [1.807, 2.05) is 18.5 Å². The van der Waals surface area contributed by atoms with Gasteiger partial charge < -0.3 is 4.98 Å². The van der Waals surface area contributed by atoms with Crippen LogP contribution >= 0.6 is 0 Å². The van der Waals surface area contributed by atoms with E-state index < -0.39 is 0 Å². The molecule has 0 aliphatic rings. The van der Waals surface area contributed by atoms with Crippen LogP contribution in [0.3, 0.4) is 0 Å². The Labute approximate surface area is 119 Å². The van der Waals surface area contributed by atoms with Gasteiger partial charge >= 0.3 is 0 Å². The zero-order chi connectivity index (χ0) is 13.8. The summed E-state index contributed by atoms with van der Waals surface area (Å²) in [6.07, 6.45) is 8.45. The van der Waals surface area contributed by atoms with E-state index in [0.717, 1.165) is 17.6 Å². The fraction of sp³-hybridized carbons (Fsp3) is 0.278. The number of fused-ring (bicyclic) bond motifs is 1. The van der Waals surface area contributed by atoms with Gasteiger partial charge in [-0.15, -0.1) is 0 Å². The number of nitrogens with zero attached hydrogens (tertiary/aromatic N) is 1. The third-order valence-electron chi connectivity index (χ3n) is 3.77. The number of hydrogen-bond acceptors (Lipinski definition) is 1. The molecule has 0 spiro atoms. The molecule has 0 amide bonds. The van der Waals surface area contributed by atoms with Crippen molar-refractivity contribution in [1.29, 1.82) is 0 Å². The van der Waals surface area contributed by atoms with Crippen molar-refractivity contribution in [2.45, 2.75) is 32.6 Å². The molecule has 3 aromatic rings. The Morgan fingerprint density at radius 2 is 1.80 bits per heavy atom. The van der Waals surface area contributed by atoms with Gasteiger partial charge in [0, 0.05) is 24.2 Å². The molecule has 0 atom stereocenters. The van der Waals surface area contributed by atoms with Crippen LogP contribution in [0.2, 0.25) is 0 Å². The zero-order valence-corrected chi connectivity index (χ0v) is 11.9. The van der Waals surface area contributed by atoms with Crippen LogP contribution in [-0.4, -0.2) is 9.97 Å². The third kappa shape index (κ3) is 2.74. The Kier molecular flexibility index (Phi) is 3.82. The van der Waals surface area contributed by atoms with Crippen LogP contribution in [0, 0.1) is 0 Å². The zero-order valence-electron chi connectivity index (χ0n) is 11.9. The molecule has 1 N–H and O–H groups in total. The van der Waals surface area contributed by atoms with Gasteiger partial charge in [0.05, 0.1) is 11.2 Å². The average Bonchev–Trinajstić information content (AvgIpc) is 2.96.